The Bertz CT molecular complexity index is 804. The first-order valence-corrected chi connectivity index (χ1v) is 8.50. The summed E-state index contributed by atoms with van der Waals surface area (Å²) >= 11 is 1.69. The van der Waals surface area contributed by atoms with Gasteiger partial charge in [-0.05, 0) is 23.3 Å². The number of carboxylic acid groups (broad SMARTS) is 1. The molecule has 5 heteroatoms. The Morgan fingerprint density at radius 2 is 1.70 bits per heavy atom. The van der Waals surface area contributed by atoms with Gasteiger partial charge in [-0.25, -0.2) is 0 Å². The summed E-state index contributed by atoms with van der Waals surface area (Å²) in [6.45, 7) is 0.219. The molecule has 0 saturated heterocycles. The molecule has 2 atom stereocenters. The average Bonchev–Trinajstić information content (AvgIpc) is 3.16. The lowest BCUT2D eigenvalue weighted by Gasteiger charge is -2.21. The molecule has 4 nitrogen and oxygen atoms in total. The molecule has 0 aliphatic carbocycles. The Kier molecular flexibility index (Phi) is 3.38. The van der Waals surface area contributed by atoms with Crippen LogP contribution in [0.3, 0.4) is 0 Å². The van der Waals surface area contributed by atoms with E-state index in [0.717, 1.165) is 21.7 Å². The Balaban J connectivity index is 1.70. The molecule has 2 aliphatic rings. The molecule has 23 heavy (non-hydrogen) atoms. The normalized spacial score (nSPS) is 21.8. The number of carboxylic acids is 1. The van der Waals surface area contributed by atoms with Gasteiger partial charge in [-0.15, -0.1) is 11.8 Å². The minimum absolute atomic E-state index is 0.00125. The van der Waals surface area contributed by atoms with Crippen LogP contribution in [0, 0.1) is 0 Å². The molecule has 0 saturated carbocycles. The lowest BCUT2D eigenvalue weighted by Crippen LogP contribution is -2.35. The van der Waals surface area contributed by atoms with Crippen LogP contribution in [0.1, 0.15) is 23.0 Å². The summed E-state index contributed by atoms with van der Waals surface area (Å²) in [7, 11) is 0. The zero-order valence-electron chi connectivity index (χ0n) is 12.3. The topological polar surface area (TPSA) is 57.6 Å². The van der Waals surface area contributed by atoms with E-state index in [9.17, 15) is 14.7 Å². The summed E-state index contributed by atoms with van der Waals surface area (Å²) in [5, 5.41) is 9.44. The van der Waals surface area contributed by atoms with Gasteiger partial charge in [0.2, 0.25) is 5.91 Å². The second kappa shape index (κ2) is 5.42. The molecule has 2 aromatic rings. The van der Waals surface area contributed by atoms with Gasteiger partial charge in [0.05, 0.1) is 5.92 Å². The van der Waals surface area contributed by atoms with Crippen molar-refractivity contribution in [3.63, 3.8) is 0 Å². The molecule has 0 aromatic heterocycles. The molecule has 2 aromatic carbocycles. The predicted molar refractivity (Wildman–Crippen MR) is 89.1 cm³/mol. The van der Waals surface area contributed by atoms with Crippen LogP contribution in [-0.4, -0.2) is 29.3 Å². The highest BCUT2D eigenvalue weighted by Gasteiger charge is 2.40. The lowest BCUT2D eigenvalue weighted by molar-refractivity contribution is -0.138. The number of amides is 1. The number of thioether (sulfide) groups is 1. The van der Waals surface area contributed by atoms with Gasteiger partial charge < -0.3 is 10.0 Å². The van der Waals surface area contributed by atoms with Gasteiger partial charge in [-0.3, -0.25) is 9.59 Å². The highest BCUT2D eigenvalue weighted by Crippen LogP contribution is 2.43. The molecule has 116 valence electrons. The van der Waals surface area contributed by atoms with E-state index >= 15 is 0 Å². The van der Waals surface area contributed by atoms with Gasteiger partial charge in [0.15, 0.2) is 0 Å². The number of hydrogen-bond acceptors (Lipinski definition) is 3. The molecule has 1 N–H and O–H groups in total. The smallest absolute Gasteiger partial charge is 0.312 e. The highest BCUT2D eigenvalue weighted by molar-refractivity contribution is 7.99. The van der Waals surface area contributed by atoms with Crippen molar-refractivity contribution in [3.05, 3.63) is 59.7 Å². The first-order valence-electron chi connectivity index (χ1n) is 7.51. The van der Waals surface area contributed by atoms with Gasteiger partial charge in [0, 0.05) is 22.9 Å². The van der Waals surface area contributed by atoms with Crippen molar-refractivity contribution in [1.29, 1.82) is 0 Å². The van der Waals surface area contributed by atoms with Crippen molar-refractivity contribution in [2.75, 3.05) is 17.2 Å². The summed E-state index contributed by atoms with van der Waals surface area (Å²) < 4.78 is 0. The van der Waals surface area contributed by atoms with Crippen LogP contribution in [-0.2, 0) is 9.59 Å². The molecule has 1 amide bonds. The third-order valence-corrected chi connectivity index (χ3v) is 5.71. The monoisotopic (exact) mass is 325 g/mol. The van der Waals surface area contributed by atoms with E-state index in [1.165, 1.54) is 0 Å². The second-order valence-electron chi connectivity index (χ2n) is 5.80. The van der Waals surface area contributed by atoms with E-state index < -0.39 is 11.9 Å². The number of hydrogen-bond donors (Lipinski definition) is 1. The summed E-state index contributed by atoms with van der Waals surface area (Å²) in [4.78, 5) is 27.4. The molecular formula is C18H15NO3S. The molecule has 2 aliphatic heterocycles. The fourth-order valence-corrected chi connectivity index (χ4v) is 4.60. The zero-order valence-corrected chi connectivity index (χ0v) is 13.1. The van der Waals surface area contributed by atoms with E-state index in [4.69, 9.17) is 0 Å². The number of nitrogens with zero attached hydrogens (tertiary/aromatic N) is 1. The van der Waals surface area contributed by atoms with E-state index in [2.05, 4.69) is 0 Å². The highest BCUT2D eigenvalue weighted by atomic mass is 32.2. The van der Waals surface area contributed by atoms with Crippen LogP contribution < -0.4 is 4.90 Å². The molecule has 0 radical (unpaired) electrons. The average molecular weight is 325 g/mol. The number of fused-ring (bicyclic) bond motifs is 2. The van der Waals surface area contributed by atoms with E-state index in [0.29, 0.717) is 5.75 Å². The zero-order chi connectivity index (χ0) is 16.0. The van der Waals surface area contributed by atoms with Crippen LogP contribution in [0.25, 0.3) is 0 Å². The SMILES string of the molecule is O=C(O)[C@@H]1CN(C(=O)[C@@H]2CSc3ccccc32)c2ccccc21. The standard InChI is InChI=1S/C18H15NO3S/c20-17(14-10-23-16-8-4-2-6-12(14)16)19-9-13(18(21)22)11-5-1-3-7-15(11)19/h1-8,13-14H,9-10H2,(H,21,22)/t13-,14-/m1/s1. The molecule has 0 bridgehead atoms. The Morgan fingerprint density at radius 3 is 2.48 bits per heavy atom. The van der Waals surface area contributed by atoms with Gasteiger partial charge in [0.25, 0.3) is 0 Å². The number of para-hydroxylation sites is 1. The minimum atomic E-state index is -0.881. The lowest BCUT2D eigenvalue weighted by atomic mass is 10.00. The fourth-order valence-electron chi connectivity index (χ4n) is 3.38. The minimum Gasteiger partial charge on any atom is -0.481 e. The fraction of sp³-hybridized carbons (Fsp3) is 0.222. The van der Waals surface area contributed by atoms with Crippen molar-refractivity contribution < 1.29 is 14.7 Å². The second-order valence-corrected chi connectivity index (χ2v) is 6.86. The number of carbonyl (C=O) groups is 2. The number of carbonyl (C=O) groups excluding carboxylic acids is 1. The van der Waals surface area contributed by atoms with Crippen LogP contribution in [0.2, 0.25) is 0 Å². The molecule has 0 spiro atoms. The maximum Gasteiger partial charge on any atom is 0.312 e. The Hall–Kier alpha value is -2.27. The van der Waals surface area contributed by atoms with Gasteiger partial charge in [-0.2, -0.15) is 0 Å². The third-order valence-electron chi connectivity index (χ3n) is 4.53. The molecule has 2 heterocycles. The van der Waals surface area contributed by atoms with E-state index in [1.807, 2.05) is 42.5 Å². The summed E-state index contributed by atoms with van der Waals surface area (Å²) in [5.41, 5.74) is 2.52. The predicted octanol–water partition coefficient (Wildman–Crippen LogP) is 3.09. The van der Waals surface area contributed by atoms with E-state index in [1.54, 1.807) is 22.7 Å². The van der Waals surface area contributed by atoms with E-state index in [-0.39, 0.29) is 18.4 Å². The van der Waals surface area contributed by atoms with Crippen LogP contribution in [0.15, 0.2) is 53.4 Å². The number of benzene rings is 2. The van der Waals surface area contributed by atoms with Gasteiger partial charge >= 0.3 is 5.97 Å². The van der Waals surface area contributed by atoms with Gasteiger partial charge in [0.1, 0.15) is 5.92 Å². The number of anilines is 1. The summed E-state index contributed by atoms with van der Waals surface area (Å²) in [6, 6.07) is 15.3. The first kappa shape index (κ1) is 14.3. The van der Waals surface area contributed by atoms with Crippen LogP contribution in [0.5, 0.6) is 0 Å². The number of aliphatic carboxylic acids is 1. The van der Waals surface area contributed by atoms with Crippen molar-refractivity contribution in [1.82, 2.24) is 0 Å². The maximum absolute atomic E-state index is 13.1. The molecular weight excluding hydrogens is 310 g/mol. The largest absolute Gasteiger partial charge is 0.481 e. The van der Waals surface area contributed by atoms with Crippen molar-refractivity contribution in [2.24, 2.45) is 0 Å². The Morgan fingerprint density at radius 1 is 1.00 bits per heavy atom. The Labute approximate surface area is 138 Å². The number of rotatable bonds is 2. The molecule has 4 rings (SSSR count). The quantitative estimate of drug-likeness (QED) is 0.922. The van der Waals surface area contributed by atoms with Gasteiger partial charge in [-0.1, -0.05) is 36.4 Å². The van der Waals surface area contributed by atoms with Crippen LogP contribution >= 0.6 is 11.8 Å². The third kappa shape index (κ3) is 2.23. The maximum atomic E-state index is 13.1. The summed E-state index contributed by atoms with van der Waals surface area (Å²) in [6.07, 6.45) is 0. The first-order chi connectivity index (χ1) is 11.2. The van der Waals surface area contributed by atoms with Crippen molar-refractivity contribution in [3.8, 4) is 0 Å². The van der Waals surface area contributed by atoms with Crippen LogP contribution in [0.4, 0.5) is 5.69 Å². The molecule has 0 unspecified atom stereocenters. The van der Waals surface area contributed by atoms with Crippen molar-refractivity contribution >= 4 is 29.3 Å². The van der Waals surface area contributed by atoms with Crippen molar-refractivity contribution in [2.45, 2.75) is 16.7 Å². The summed E-state index contributed by atoms with van der Waals surface area (Å²) in [5.74, 6) is -1.00. The molecule has 0 fully saturated rings.